The van der Waals surface area contributed by atoms with Gasteiger partial charge in [-0.05, 0) is 63.0 Å². The van der Waals surface area contributed by atoms with Gasteiger partial charge >= 0.3 is 0 Å². The molecule has 2 aromatic heterocycles. The number of hydrogen-bond acceptors (Lipinski definition) is 5. The largest absolute Gasteiger partial charge is 0.355 e. The van der Waals surface area contributed by atoms with Gasteiger partial charge in [-0.25, -0.2) is 15.0 Å². The van der Waals surface area contributed by atoms with Crippen molar-refractivity contribution in [1.29, 1.82) is 0 Å². The van der Waals surface area contributed by atoms with E-state index < -0.39 is 0 Å². The third-order valence-corrected chi connectivity index (χ3v) is 6.88. The number of halogens is 1. The van der Waals surface area contributed by atoms with E-state index in [1.807, 2.05) is 0 Å². The molecule has 6 heteroatoms. The first-order valence-electron chi connectivity index (χ1n) is 9.30. The van der Waals surface area contributed by atoms with E-state index in [1.165, 1.54) is 32.1 Å². The van der Waals surface area contributed by atoms with Crippen LogP contribution in [0.1, 0.15) is 49.3 Å². The van der Waals surface area contributed by atoms with Crippen LogP contribution < -0.4 is 4.90 Å². The summed E-state index contributed by atoms with van der Waals surface area (Å²) < 4.78 is 0. The van der Waals surface area contributed by atoms with E-state index in [-0.39, 0.29) is 0 Å². The van der Waals surface area contributed by atoms with Gasteiger partial charge in [-0.15, -0.1) is 0 Å². The summed E-state index contributed by atoms with van der Waals surface area (Å²) in [5.74, 6) is 3.27. The summed E-state index contributed by atoms with van der Waals surface area (Å²) in [6.07, 6.45) is 8.58. The highest BCUT2D eigenvalue weighted by atomic mass is 35.5. The number of pyridine rings is 1. The second kappa shape index (κ2) is 5.98. The topological polar surface area (TPSA) is 41.9 Å². The molecule has 2 aromatic rings. The molecular weight excluding hydrogens is 352 g/mol. The Morgan fingerprint density at radius 1 is 1.04 bits per heavy atom. The Morgan fingerprint density at radius 2 is 1.76 bits per heavy atom. The van der Waals surface area contributed by atoms with Gasteiger partial charge in [0, 0.05) is 18.7 Å². The first kappa shape index (κ1) is 16.1. The normalized spacial score (nSPS) is 25.8. The van der Waals surface area contributed by atoms with Gasteiger partial charge in [-0.2, -0.15) is 0 Å². The van der Waals surface area contributed by atoms with Gasteiger partial charge in [0.1, 0.15) is 11.0 Å². The van der Waals surface area contributed by atoms with Crippen molar-refractivity contribution in [3.05, 3.63) is 16.4 Å². The Labute approximate surface area is 157 Å². The number of piperidine rings is 1. The Kier molecular flexibility index (Phi) is 3.86. The fourth-order valence-electron chi connectivity index (χ4n) is 4.75. The van der Waals surface area contributed by atoms with E-state index in [4.69, 9.17) is 21.6 Å². The standard InChI is InChI=1S/C19H23ClN4S/c1-10-14-16(15(13-5-6-13)17(20)21-10)22-19(25-2)23-18(14)24-8-11-3-4-12(7-11)9-24/h11-13H,3-9H2,1-2H3. The van der Waals surface area contributed by atoms with Crippen molar-refractivity contribution in [2.45, 2.75) is 50.1 Å². The molecule has 1 aliphatic heterocycles. The minimum absolute atomic E-state index is 0.526. The summed E-state index contributed by atoms with van der Waals surface area (Å²) in [5.41, 5.74) is 3.17. The highest BCUT2D eigenvalue weighted by Gasteiger charge is 2.36. The first-order chi connectivity index (χ1) is 12.1. The second-order valence-corrected chi connectivity index (χ2v) is 9.01. The predicted molar refractivity (Wildman–Crippen MR) is 104 cm³/mol. The molecule has 3 fully saturated rings. The lowest BCUT2D eigenvalue weighted by Gasteiger charge is -2.33. The van der Waals surface area contributed by atoms with Gasteiger partial charge in [0.2, 0.25) is 0 Å². The minimum atomic E-state index is 0.526. The molecule has 2 saturated carbocycles. The van der Waals surface area contributed by atoms with E-state index >= 15 is 0 Å². The molecule has 1 saturated heterocycles. The maximum atomic E-state index is 6.54. The van der Waals surface area contributed by atoms with Gasteiger partial charge in [-0.1, -0.05) is 23.4 Å². The van der Waals surface area contributed by atoms with Crippen LogP contribution in [-0.2, 0) is 0 Å². The molecule has 132 valence electrons. The number of aryl methyl sites for hydroxylation is 1. The molecular formula is C19H23ClN4S. The van der Waals surface area contributed by atoms with Crippen molar-refractivity contribution in [3.8, 4) is 0 Å². The molecule has 3 heterocycles. The molecule has 0 radical (unpaired) electrons. The molecule has 0 aromatic carbocycles. The Balaban J connectivity index is 1.73. The molecule has 3 aliphatic rings. The maximum Gasteiger partial charge on any atom is 0.189 e. The van der Waals surface area contributed by atoms with Gasteiger partial charge in [-0.3, -0.25) is 0 Å². The van der Waals surface area contributed by atoms with Crippen LogP contribution in [0.5, 0.6) is 0 Å². The average molecular weight is 375 g/mol. The molecule has 25 heavy (non-hydrogen) atoms. The van der Waals surface area contributed by atoms with Crippen LogP contribution in [-0.4, -0.2) is 34.3 Å². The predicted octanol–water partition coefficient (Wildman–Crippen LogP) is 4.82. The molecule has 0 N–H and O–H groups in total. The molecule has 4 nitrogen and oxygen atoms in total. The third kappa shape index (κ3) is 2.71. The smallest absolute Gasteiger partial charge is 0.189 e. The van der Waals surface area contributed by atoms with E-state index in [2.05, 4.69) is 23.1 Å². The zero-order chi connectivity index (χ0) is 17.1. The zero-order valence-electron chi connectivity index (χ0n) is 14.8. The maximum absolute atomic E-state index is 6.54. The van der Waals surface area contributed by atoms with Crippen LogP contribution in [0, 0.1) is 18.8 Å². The van der Waals surface area contributed by atoms with Gasteiger partial charge in [0.05, 0.1) is 16.6 Å². The number of anilines is 1. The van der Waals surface area contributed by atoms with Gasteiger partial charge in [0.15, 0.2) is 5.16 Å². The van der Waals surface area contributed by atoms with Crippen LogP contribution in [0.4, 0.5) is 5.82 Å². The van der Waals surface area contributed by atoms with Crippen molar-refractivity contribution < 1.29 is 0 Å². The lowest BCUT2D eigenvalue weighted by Crippen LogP contribution is -2.37. The van der Waals surface area contributed by atoms with Crippen LogP contribution in [0.2, 0.25) is 5.15 Å². The molecule has 0 spiro atoms. The molecule has 2 unspecified atom stereocenters. The number of aromatic nitrogens is 3. The third-order valence-electron chi connectivity index (χ3n) is 6.05. The fourth-order valence-corrected chi connectivity index (χ4v) is 5.48. The Morgan fingerprint density at radius 3 is 2.40 bits per heavy atom. The van der Waals surface area contributed by atoms with Crippen molar-refractivity contribution in [2.75, 3.05) is 24.2 Å². The number of rotatable bonds is 3. The van der Waals surface area contributed by atoms with Crippen molar-refractivity contribution in [3.63, 3.8) is 0 Å². The van der Waals surface area contributed by atoms with Crippen molar-refractivity contribution in [2.24, 2.45) is 11.8 Å². The second-order valence-electron chi connectivity index (χ2n) is 7.88. The van der Waals surface area contributed by atoms with Crippen LogP contribution in [0.15, 0.2) is 5.16 Å². The molecule has 2 atom stereocenters. The molecule has 2 bridgehead atoms. The highest BCUT2D eigenvalue weighted by molar-refractivity contribution is 7.98. The SMILES string of the molecule is CSc1nc(N2CC3CCC(C3)C2)c2c(C)nc(Cl)c(C3CC3)c2n1. The minimum Gasteiger partial charge on any atom is -0.355 e. The highest BCUT2D eigenvalue weighted by Crippen LogP contribution is 2.47. The quantitative estimate of drug-likeness (QED) is 0.437. The summed E-state index contributed by atoms with van der Waals surface area (Å²) >= 11 is 8.16. The number of fused-ring (bicyclic) bond motifs is 3. The summed E-state index contributed by atoms with van der Waals surface area (Å²) in [6, 6.07) is 0. The summed E-state index contributed by atoms with van der Waals surface area (Å²) in [5, 5.41) is 2.62. The van der Waals surface area contributed by atoms with Crippen molar-refractivity contribution in [1.82, 2.24) is 15.0 Å². The Hall–Kier alpha value is -1.07. The number of thioether (sulfide) groups is 1. The zero-order valence-corrected chi connectivity index (χ0v) is 16.3. The summed E-state index contributed by atoms with van der Waals surface area (Å²) in [4.78, 5) is 17.0. The lowest BCUT2D eigenvalue weighted by atomic mass is 9.98. The summed E-state index contributed by atoms with van der Waals surface area (Å²) in [6.45, 7) is 4.30. The molecule has 5 rings (SSSR count). The lowest BCUT2D eigenvalue weighted by molar-refractivity contribution is 0.419. The number of nitrogens with zero attached hydrogens (tertiary/aromatic N) is 4. The van der Waals surface area contributed by atoms with Crippen molar-refractivity contribution >= 4 is 40.1 Å². The van der Waals surface area contributed by atoms with E-state index in [9.17, 15) is 0 Å². The van der Waals surface area contributed by atoms with Crippen LogP contribution in [0.25, 0.3) is 10.9 Å². The van der Waals surface area contributed by atoms with Crippen LogP contribution >= 0.6 is 23.4 Å². The monoisotopic (exact) mass is 374 g/mol. The molecule has 2 aliphatic carbocycles. The van der Waals surface area contributed by atoms with E-state index in [1.54, 1.807) is 11.8 Å². The number of hydrogen-bond donors (Lipinski definition) is 0. The average Bonchev–Trinajstić information content (AvgIpc) is 3.38. The summed E-state index contributed by atoms with van der Waals surface area (Å²) in [7, 11) is 0. The van der Waals surface area contributed by atoms with Crippen LogP contribution in [0.3, 0.4) is 0 Å². The Bertz CT molecular complexity index is 839. The van der Waals surface area contributed by atoms with Gasteiger partial charge in [0.25, 0.3) is 0 Å². The first-order valence-corrected chi connectivity index (χ1v) is 10.9. The molecule has 0 amide bonds. The van der Waals surface area contributed by atoms with E-state index in [0.717, 1.165) is 58.1 Å². The van der Waals surface area contributed by atoms with Gasteiger partial charge < -0.3 is 4.90 Å². The van der Waals surface area contributed by atoms with E-state index in [0.29, 0.717) is 11.1 Å². The fraction of sp³-hybridized carbons (Fsp3) is 0.632.